The number of nitrogens with zero attached hydrogens (tertiary/aromatic N) is 1. The number of rotatable bonds is 7. The van der Waals surface area contributed by atoms with Gasteiger partial charge in [-0.2, -0.15) is 0 Å². The van der Waals surface area contributed by atoms with E-state index in [-0.39, 0.29) is 31.0 Å². The highest BCUT2D eigenvalue weighted by Gasteiger charge is 2.14. The first-order valence-corrected chi connectivity index (χ1v) is 8.02. The molecule has 0 spiro atoms. The predicted molar refractivity (Wildman–Crippen MR) is 86.2 cm³/mol. The zero-order valence-corrected chi connectivity index (χ0v) is 14.5. The molecule has 1 N–H and O–H groups in total. The van der Waals surface area contributed by atoms with Gasteiger partial charge in [0.1, 0.15) is 23.9 Å². The maximum atomic E-state index is 13.5. The molecule has 0 bridgehead atoms. The van der Waals surface area contributed by atoms with Gasteiger partial charge in [-0.15, -0.1) is 0 Å². The molecule has 124 valence electrons. The molecule has 2 rings (SSSR count). The van der Waals surface area contributed by atoms with E-state index in [0.29, 0.717) is 27.9 Å². The molecule has 0 saturated heterocycles. The Morgan fingerprint density at radius 1 is 1.43 bits per heavy atom. The predicted octanol–water partition coefficient (Wildman–Crippen LogP) is 3.67. The summed E-state index contributed by atoms with van der Waals surface area (Å²) in [6, 6.07) is 6.06. The lowest BCUT2D eigenvalue weighted by Gasteiger charge is -2.18. The molecule has 1 unspecified atom stereocenters. The molecule has 1 heterocycles. The van der Waals surface area contributed by atoms with Gasteiger partial charge in [0.2, 0.25) is 5.91 Å². The van der Waals surface area contributed by atoms with E-state index in [0.717, 1.165) is 0 Å². The molecule has 0 radical (unpaired) electrons. The third-order valence-corrected chi connectivity index (χ3v) is 3.65. The molecule has 7 heteroatoms. The number of benzene rings is 1. The van der Waals surface area contributed by atoms with Crippen molar-refractivity contribution in [2.45, 2.75) is 32.9 Å². The van der Waals surface area contributed by atoms with Crippen molar-refractivity contribution in [2.75, 3.05) is 6.61 Å². The van der Waals surface area contributed by atoms with Crippen LogP contribution in [0.1, 0.15) is 36.4 Å². The van der Waals surface area contributed by atoms with Crippen LogP contribution in [-0.2, 0) is 16.1 Å². The number of aromatic nitrogens is 1. The largest absolute Gasteiger partial charge is 0.365 e. The summed E-state index contributed by atoms with van der Waals surface area (Å²) in [5.41, 5.74) is 1.34. The number of carbonyl (C=O) groups excluding carboxylic acids is 1. The lowest BCUT2D eigenvalue weighted by molar-refractivity contribution is -0.127. The van der Waals surface area contributed by atoms with Gasteiger partial charge >= 0.3 is 0 Å². The molecule has 0 aliphatic rings. The Bertz CT molecular complexity index is 655. The van der Waals surface area contributed by atoms with Gasteiger partial charge < -0.3 is 14.6 Å². The summed E-state index contributed by atoms with van der Waals surface area (Å²) in [5, 5.41) is 6.61. The van der Waals surface area contributed by atoms with Crippen molar-refractivity contribution in [1.82, 2.24) is 10.5 Å². The molecule has 1 aromatic carbocycles. The monoisotopic (exact) mass is 384 g/mol. The first-order valence-electron chi connectivity index (χ1n) is 7.23. The average molecular weight is 385 g/mol. The van der Waals surface area contributed by atoms with Gasteiger partial charge in [0, 0.05) is 10.5 Å². The second-order valence-corrected chi connectivity index (χ2v) is 6.07. The van der Waals surface area contributed by atoms with E-state index in [9.17, 15) is 9.18 Å². The maximum Gasteiger partial charge on any atom is 0.246 e. The SMILES string of the molecule is CCC(NC(=O)COCc1cc(C)on1)c1cc(F)cc(Br)c1. The summed E-state index contributed by atoms with van der Waals surface area (Å²) in [4.78, 5) is 12.0. The summed E-state index contributed by atoms with van der Waals surface area (Å²) >= 11 is 3.25. The zero-order valence-electron chi connectivity index (χ0n) is 12.9. The lowest BCUT2D eigenvalue weighted by Crippen LogP contribution is -2.31. The Kier molecular flexibility index (Phi) is 6.29. The molecule has 5 nitrogen and oxygen atoms in total. The van der Waals surface area contributed by atoms with Crippen LogP contribution in [0, 0.1) is 12.7 Å². The van der Waals surface area contributed by atoms with Crippen LogP contribution < -0.4 is 5.32 Å². The second-order valence-electron chi connectivity index (χ2n) is 5.15. The van der Waals surface area contributed by atoms with E-state index in [4.69, 9.17) is 9.26 Å². The number of hydrogen-bond acceptors (Lipinski definition) is 4. The van der Waals surface area contributed by atoms with Crippen LogP contribution in [0.4, 0.5) is 4.39 Å². The number of halogens is 2. The molecule has 0 aliphatic carbocycles. The van der Waals surface area contributed by atoms with Gasteiger partial charge in [-0.3, -0.25) is 4.79 Å². The van der Waals surface area contributed by atoms with Crippen molar-refractivity contribution < 1.29 is 18.4 Å². The molecule has 23 heavy (non-hydrogen) atoms. The van der Waals surface area contributed by atoms with Crippen LogP contribution in [0.2, 0.25) is 0 Å². The highest BCUT2D eigenvalue weighted by Crippen LogP contribution is 2.22. The Balaban J connectivity index is 1.86. The van der Waals surface area contributed by atoms with Crippen molar-refractivity contribution in [2.24, 2.45) is 0 Å². The van der Waals surface area contributed by atoms with Gasteiger partial charge in [0.05, 0.1) is 12.6 Å². The normalized spacial score (nSPS) is 12.2. The number of amides is 1. The fourth-order valence-electron chi connectivity index (χ4n) is 2.17. The van der Waals surface area contributed by atoms with Crippen molar-refractivity contribution in [1.29, 1.82) is 0 Å². The van der Waals surface area contributed by atoms with E-state index in [2.05, 4.69) is 26.4 Å². The van der Waals surface area contributed by atoms with Crippen LogP contribution in [0.15, 0.2) is 33.3 Å². The Hall–Kier alpha value is -1.73. The van der Waals surface area contributed by atoms with Gasteiger partial charge in [0.25, 0.3) is 0 Å². The number of aryl methyl sites for hydroxylation is 1. The summed E-state index contributed by atoms with van der Waals surface area (Å²) in [6.45, 7) is 3.81. The second kappa shape index (κ2) is 8.21. The van der Waals surface area contributed by atoms with E-state index in [1.165, 1.54) is 12.1 Å². The molecule has 0 fully saturated rings. The minimum absolute atomic E-state index is 0.0983. The van der Waals surface area contributed by atoms with Crippen LogP contribution in [0.3, 0.4) is 0 Å². The lowest BCUT2D eigenvalue weighted by atomic mass is 10.0. The van der Waals surface area contributed by atoms with Crippen LogP contribution in [0.25, 0.3) is 0 Å². The third kappa shape index (κ3) is 5.44. The summed E-state index contributed by atoms with van der Waals surface area (Å²) < 4.78 is 24.3. The third-order valence-electron chi connectivity index (χ3n) is 3.19. The molecular weight excluding hydrogens is 367 g/mol. The molecule has 0 saturated carbocycles. The topological polar surface area (TPSA) is 64.4 Å². The van der Waals surface area contributed by atoms with E-state index < -0.39 is 0 Å². The highest BCUT2D eigenvalue weighted by atomic mass is 79.9. The van der Waals surface area contributed by atoms with Gasteiger partial charge in [-0.25, -0.2) is 4.39 Å². The van der Waals surface area contributed by atoms with Crippen LogP contribution in [0.5, 0.6) is 0 Å². The van der Waals surface area contributed by atoms with E-state index in [1.54, 1.807) is 19.1 Å². The van der Waals surface area contributed by atoms with Gasteiger partial charge in [-0.1, -0.05) is 28.0 Å². The Morgan fingerprint density at radius 3 is 2.83 bits per heavy atom. The smallest absolute Gasteiger partial charge is 0.246 e. The minimum atomic E-state index is -0.347. The first-order chi connectivity index (χ1) is 11.0. The van der Waals surface area contributed by atoms with Gasteiger partial charge in [0.15, 0.2) is 0 Å². The molecule has 1 aromatic heterocycles. The van der Waals surface area contributed by atoms with E-state index in [1.807, 2.05) is 6.92 Å². The highest BCUT2D eigenvalue weighted by molar-refractivity contribution is 9.10. The number of carbonyl (C=O) groups is 1. The van der Waals surface area contributed by atoms with Crippen LogP contribution >= 0.6 is 15.9 Å². The average Bonchev–Trinajstić information content (AvgIpc) is 2.89. The number of hydrogen-bond donors (Lipinski definition) is 1. The quantitative estimate of drug-likeness (QED) is 0.790. The fourth-order valence-corrected chi connectivity index (χ4v) is 2.65. The zero-order chi connectivity index (χ0) is 16.8. The molecule has 0 aliphatic heterocycles. The standard InChI is InChI=1S/C16H18BrFN2O3/c1-3-15(11-5-12(17)7-13(18)6-11)19-16(21)9-22-8-14-4-10(2)23-20-14/h4-7,15H,3,8-9H2,1-2H3,(H,19,21). The summed E-state index contributed by atoms with van der Waals surface area (Å²) in [6.07, 6.45) is 0.643. The molecule has 1 atom stereocenters. The van der Waals surface area contributed by atoms with Crippen molar-refractivity contribution in [3.8, 4) is 0 Å². The number of ether oxygens (including phenoxy) is 1. The Labute approximate surface area is 142 Å². The molecule has 2 aromatic rings. The van der Waals surface area contributed by atoms with Crippen molar-refractivity contribution in [3.63, 3.8) is 0 Å². The van der Waals surface area contributed by atoms with Crippen LogP contribution in [-0.4, -0.2) is 17.7 Å². The summed E-state index contributed by atoms with van der Waals surface area (Å²) in [5.74, 6) is 0.0768. The maximum absolute atomic E-state index is 13.5. The fraction of sp³-hybridized carbons (Fsp3) is 0.375. The van der Waals surface area contributed by atoms with Crippen molar-refractivity contribution in [3.05, 3.63) is 51.6 Å². The van der Waals surface area contributed by atoms with Gasteiger partial charge in [-0.05, 0) is 37.1 Å². The van der Waals surface area contributed by atoms with E-state index >= 15 is 0 Å². The molecule has 1 amide bonds. The number of nitrogens with one attached hydrogen (secondary N) is 1. The molecular formula is C16H18BrFN2O3. The minimum Gasteiger partial charge on any atom is -0.365 e. The Morgan fingerprint density at radius 2 is 2.22 bits per heavy atom. The first kappa shape index (κ1) is 17.6. The van der Waals surface area contributed by atoms with Crippen molar-refractivity contribution >= 4 is 21.8 Å². The summed E-state index contributed by atoms with van der Waals surface area (Å²) in [7, 11) is 0.